The van der Waals surface area contributed by atoms with Gasteiger partial charge in [0, 0.05) is 25.3 Å². The number of hydrogen-bond acceptors (Lipinski definition) is 8. The smallest absolute Gasteiger partial charge is 0.319 e. The Morgan fingerprint density at radius 1 is 1.27 bits per heavy atom. The molecule has 0 N–H and O–H groups in total. The fraction of sp³-hybridized carbons (Fsp3) is 0.652. The van der Waals surface area contributed by atoms with E-state index in [1.54, 1.807) is 20.8 Å². The molecule has 0 saturated carbocycles. The molecule has 2 atom stereocenters. The minimum absolute atomic E-state index is 0.0452. The monoisotopic (exact) mass is 464 g/mol. The zero-order chi connectivity index (χ0) is 24.2. The highest BCUT2D eigenvalue weighted by Gasteiger charge is 2.38. The lowest BCUT2D eigenvalue weighted by molar-refractivity contribution is -0.385. The third-order valence-electron chi connectivity index (χ3n) is 5.58. The van der Waals surface area contributed by atoms with Crippen LogP contribution >= 0.6 is 0 Å². The molecule has 1 fully saturated rings. The SMILES string of the molecule is COc1cc2c(cc1[N+](=O)[O-])CC[C@H](C(=O)OC(C)(C)C)C(=O)N2CCO[C@@H]1CCCCO1. The van der Waals surface area contributed by atoms with Crippen LogP contribution in [0.25, 0.3) is 0 Å². The molecule has 0 radical (unpaired) electrons. The van der Waals surface area contributed by atoms with Crippen LogP contribution in [0.1, 0.15) is 52.0 Å². The summed E-state index contributed by atoms with van der Waals surface area (Å²) in [5.41, 5.74) is 0.133. The molecule has 0 bridgehead atoms. The number of aryl methyl sites for hydroxylation is 1. The van der Waals surface area contributed by atoms with Crippen molar-refractivity contribution >= 4 is 23.3 Å². The largest absolute Gasteiger partial charge is 0.490 e. The van der Waals surface area contributed by atoms with Crippen molar-refractivity contribution in [1.29, 1.82) is 0 Å². The second-order valence-electron chi connectivity index (χ2n) is 9.19. The number of carbonyl (C=O) groups excluding carboxylic acids is 2. The fourth-order valence-corrected chi connectivity index (χ4v) is 4.03. The van der Waals surface area contributed by atoms with Gasteiger partial charge in [0.2, 0.25) is 5.91 Å². The number of nitro groups is 1. The first-order valence-corrected chi connectivity index (χ1v) is 11.2. The Morgan fingerprint density at radius 2 is 2.03 bits per heavy atom. The molecule has 0 unspecified atom stereocenters. The lowest BCUT2D eigenvalue weighted by Crippen LogP contribution is -2.43. The molecule has 10 heteroatoms. The van der Waals surface area contributed by atoms with E-state index in [4.69, 9.17) is 18.9 Å². The van der Waals surface area contributed by atoms with E-state index < -0.39 is 28.3 Å². The molecule has 2 heterocycles. The summed E-state index contributed by atoms with van der Waals surface area (Å²) in [6.07, 6.45) is 2.96. The number of nitrogens with zero attached hydrogens (tertiary/aromatic N) is 2. The van der Waals surface area contributed by atoms with Gasteiger partial charge in [-0.3, -0.25) is 19.7 Å². The van der Waals surface area contributed by atoms with E-state index in [0.29, 0.717) is 24.3 Å². The molecule has 33 heavy (non-hydrogen) atoms. The Morgan fingerprint density at radius 3 is 2.64 bits per heavy atom. The Balaban J connectivity index is 1.90. The van der Waals surface area contributed by atoms with Crippen molar-refractivity contribution in [3.63, 3.8) is 0 Å². The number of methoxy groups -OCH3 is 1. The zero-order valence-electron chi connectivity index (χ0n) is 19.6. The van der Waals surface area contributed by atoms with Gasteiger partial charge < -0.3 is 23.8 Å². The fourth-order valence-electron chi connectivity index (χ4n) is 4.03. The number of nitro benzene ring substituents is 1. The highest BCUT2D eigenvalue weighted by Crippen LogP contribution is 2.39. The molecule has 182 valence electrons. The molecular weight excluding hydrogens is 432 g/mol. The summed E-state index contributed by atoms with van der Waals surface area (Å²) in [6, 6.07) is 2.90. The first-order chi connectivity index (χ1) is 15.6. The number of esters is 1. The van der Waals surface area contributed by atoms with Gasteiger partial charge in [0.1, 0.15) is 11.5 Å². The van der Waals surface area contributed by atoms with Gasteiger partial charge in [-0.1, -0.05) is 0 Å². The van der Waals surface area contributed by atoms with E-state index in [-0.39, 0.29) is 37.3 Å². The van der Waals surface area contributed by atoms with E-state index in [1.165, 1.54) is 24.1 Å². The van der Waals surface area contributed by atoms with Crippen LogP contribution in [0, 0.1) is 16.0 Å². The van der Waals surface area contributed by atoms with E-state index >= 15 is 0 Å². The lowest BCUT2D eigenvalue weighted by Gasteiger charge is -2.28. The van der Waals surface area contributed by atoms with E-state index in [0.717, 1.165) is 19.3 Å². The Labute approximate surface area is 193 Å². The number of ether oxygens (including phenoxy) is 4. The van der Waals surface area contributed by atoms with Crippen molar-refractivity contribution in [1.82, 2.24) is 0 Å². The molecule has 0 aliphatic carbocycles. The molecule has 2 aliphatic heterocycles. The van der Waals surface area contributed by atoms with Crippen LogP contribution in [0.2, 0.25) is 0 Å². The summed E-state index contributed by atoms with van der Waals surface area (Å²) in [5.74, 6) is -2.01. The van der Waals surface area contributed by atoms with Gasteiger partial charge in [0.25, 0.3) is 0 Å². The van der Waals surface area contributed by atoms with Gasteiger partial charge in [-0.05, 0) is 58.4 Å². The average molecular weight is 465 g/mol. The molecule has 2 aliphatic rings. The van der Waals surface area contributed by atoms with Gasteiger partial charge in [-0.2, -0.15) is 0 Å². The van der Waals surface area contributed by atoms with E-state index in [9.17, 15) is 19.7 Å². The minimum Gasteiger partial charge on any atom is -0.490 e. The second-order valence-corrected chi connectivity index (χ2v) is 9.19. The minimum atomic E-state index is -1.02. The van der Waals surface area contributed by atoms with Crippen LogP contribution < -0.4 is 9.64 Å². The maximum absolute atomic E-state index is 13.5. The topological polar surface area (TPSA) is 117 Å². The molecular formula is C23H32N2O8. The normalized spacial score (nSPS) is 21.2. The summed E-state index contributed by atoms with van der Waals surface area (Å²) in [7, 11) is 1.34. The van der Waals surface area contributed by atoms with Crippen molar-refractivity contribution in [3.8, 4) is 5.75 Å². The maximum Gasteiger partial charge on any atom is 0.319 e. The van der Waals surface area contributed by atoms with Gasteiger partial charge in [-0.15, -0.1) is 0 Å². The molecule has 3 rings (SSSR count). The summed E-state index contributed by atoms with van der Waals surface area (Å²) in [4.78, 5) is 38.8. The van der Waals surface area contributed by atoms with E-state index in [1.807, 2.05) is 0 Å². The van der Waals surface area contributed by atoms with Gasteiger partial charge >= 0.3 is 11.7 Å². The summed E-state index contributed by atoms with van der Waals surface area (Å²) >= 11 is 0. The molecule has 1 amide bonds. The number of hydrogen-bond donors (Lipinski definition) is 0. The summed E-state index contributed by atoms with van der Waals surface area (Å²) in [5, 5.41) is 11.5. The molecule has 0 aromatic heterocycles. The number of benzene rings is 1. The maximum atomic E-state index is 13.5. The van der Waals surface area contributed by atoms with Crippen LogP contribution in [-0.2, 0) is 30.2 Å². The van der Waals surface area contributed by atoms with Crippen molar-refractivity contribution in [2.45, 2.75) is 64.8 Å². The number of rotatable bonds is 7. The number of fused-ring (bicyclic) bond motifs is 1. The predicted octanol–water partition coefficient (Wildman–Crippen LogP) is 3.38. The predicted molar refractivity (Wildman–Crippen MR) is 119 cm³/mol. The molecule has 10 nitrogen and oxygen atoms in total. The standard InChI is InChI=1S/C23H32N2O8/c1-23(2,3)33-22(27)16-9-8-15-13-18(25(28)29)19(30-4)14-17(15)24(21(16)26)10-12-32-20-7-5-6-11-31-20/h13-14,16,20H,5-12H2,1-4H3/t16-,20+/m0/s1. The van der Waals surface area contributed by atoms with Crippen LogP contribution in [0.15, 0.2) is 12.1 Å². The number of amides is 1. The average Bonchev–Trinajstić information content (AvgIpc) is 2.88. The van der Waals surface area contributed by atoms with Crippen LogP contribution in [0.5, 0.6) is 5.75 Å². The molecule has 1 aromatic carbocycles. The summed E-state index contributed by atoms with van der Waals surface area (Å²) in [6.45, 7) is 6.21. The van der Waals surface area contributed by atoms with Crippen molar-refractivity contribution in [2.24, 2.45) is 5.92 Å². The quantitative estimate of drug-likeness (QED) is 0.261. The molecule has 1 saturated heterocycles. The highest BCUT2D eigenvalue weighted by atomic mass is 16.7. The molecule has 1 aromatic rings. The van der Waals surface area contributed by atoms with Gasteiger partial charge in [0.15, 0.2) is 12.0 Å². The van der Waals surface area contributed by atoms with E-state index in [2.05, 4.69) is 0 Å². The van der Waals surface area contributed by atoms with Crippen molar-refractivity contribution < 1.29 is 33.5 Å². The Kier molecular flexibility index (Phi) is 7.91. The van der Waals surface area contributed by atoms with Crippen LogP contribution in [0.3, 0.4) is 0 Å². The highest BCUT2D eigenvalue weighted by molar-refractivity contribution is 6.07. The molecule has 0 spiro atoms. The van der Waals surface area contributed by atoms with Gasteiger partial charge in [-0.25, -0.2) is 0 Å². The first kappa shape index (κ1) is 24.9. The first-order valence-electron chi connectivity index (χ1n) is 11.2. The number of anilines is 1. The van der Waals surface area contributed by atoms with Crippen LogP contribution in [-0.4, -0.2) is 55.6 Å². The Hall–Kier alpha value is -2.72. The van der Waals surface area contributed by atoms with Gasteiger partial charge in [0.05, 0.1) is 24.3 Å². The lowest BCUT2D eigenvalue weighted by atomic mass is 9.99. The third-order valence-corrected chi connectivity index (χ3v) is 5.58. The third kappa shape index (κ3) is 6.20. The Bertz CT molecular complexity index is 889. The van der Waals surface area contributed by atoms with Crippen molar-refractivity contribution in [3.05, 3.63) is 27.8 Å². The van der Waals surface area contributed by atoms with Crippen LogP contribution in [0.4, 0.5) is 11.4 Å². The number of carbonyl (C=O) groups is 2. The van der Waals surface area contributed by atoms with Crippen molar-refractivity contribution in [2.75, 3.05) is 31.8 Å². The zero-order valence-corrected chi connectivity index (χ0v) is 19.6. The summed E-state index contributed by atoms with van der Waals surface area (Å²) < 4.78 is 22.1. The second kappa shape index (κ2) is 10.5.